The van der Waals surface area contributed by atoms with Crippen LogP contribution in [0.15, 0.2) is 77.6 Å². The van der Waals surface area contributed by atoms with Gasteiger partial charge in [0.2, 0.25) is 0 Å². The van der Waals surface area contributed by atoms with Crippen LogP contribution in [-0.2, 0) is 0 Å². The molecule has 0 aromatic rings. The molecular formula is C22H34N6. The summed E-state index contributed by atoms with van der Waals surface area (Å²) in [6, 6.07) is 0. The first kappa shape index (κ1) is 24.8. The predicted octanol–water partition coefficient (Wildman–Crippen LogP) is 3.04. The van der Waals surface area contributed by atoms with Crippen LogP contribution in [0, 0.1) is 12.3 Å². The summed E-state index contributed by atoms with van der Waals surface area (Å²) in [6.07, 6.45) is 10.5. The summed E-state index contributed by atoms with van der Waals surface area (Å²) in [7, 11) is 0. The first-order valence-corrected chi connectivity index (χ1v) is 9.05. The number of hydrazine groups is 1. The van der Waals surface area contributed by atoms with Crippen molar-refractivity contribution in [2.45, 2.75) is 33.6 Å². The summed E-state index contributed by atoms with van der Waals surface area (Å²) in [6.45, 7) is 22.5. The highest BCUT2D eigenvalue weighted by Crippen LogP contribution is 2.16. The van der Waals surface area contributed by atoms with Crippen molar-refractivity contribution in [3.63, 3.8) is 0 Å². The largest absolute Gasteiger partial charge is 0.399 e. The summed E-state index contributed by atoms with van der Waals surface area (Å²) in [5.41, 5.74) is 9.92. The van der Waals surface area contributed by atoms with Crippen LogP contribution in [0.2, 0.25) is 0 Å². The van der Waals surface area contributed by atoms with Crippen LogP contribution in [0.5, 0.6) is 0 Å². The van der Waals surface area contributed by atoms with Crippen LogP contribution < -0.4 is 22.2 Å². The molecule has 0 rings (SSSR count). The Labute approximate surface area is 170 Å². The molecule has 0 heterocycles. The zero-order valence-electron chi connectivity index (χ0n) is 17.4. The highest BCUT2D eigenvalue weighted by molar-refractivity contribution is 5.97. The van der Waals surface area contributed by atoms with Gasteiger partial charge < -0.3 is 16.4 Å². The number of nitrogens with zero attached hydrogens (tertiary/aromatic N) is 2. The van der Waals surface area contributed by atoms with Crippen molar-refractivity contribution in [1.82, 2.24) is 15.6 Å². The molecule has 0 aliphatic rings. The second-order valence-electron chi connectivity index (χ2n) is 6.13. The number of rotatable bonds is 13. The summed E-state index contributed by atoms with van der Waals surface area (Å²) in [5, 5.41) is 7.63. The molecule has 0 amide bonds. The lowest BCUT2D eigenvalue weighted by Crippen LogP contribution is -2.34. The van der Waals surface area contributed by atoms with E-state index < -0.39 is 0 Å². The van der Waals surface area contributed by atoms with E-state index in [4.69, 9.17) is 18.0 Å². The summed E-state index contributed by atoms with van der Waals surface area (Å²) in [5.74, 6) is 9.14. The SMILES string of the molecule is C#CCCNC(=C)/C(C)=N/C(=C(/C)N)N(N)C(=C)C(=C)NC/C(=C/C=C)CC. The molecule has 0 saturated carbocycles. The highest BCUT2D eigenvalue weighted by Gasteiger charge is 2.14. The van der Waals surface area contributed by atoms with Crippen LogP contribution in [0.1, 0.15) is 33.6 Å². The minimum Gasteiger partial charge on any atom is -0.399 e. The first-order chi connectivity index (χ1) is 13.2. The Kier molecular flexibility index (Phi) is 11.6. The average Bonchev–Trinajstić information content (AvgIpc) is 2.67. The Hall–Kier alpha value is -3.17. The Balaban J connectivity index is 5.23. The number of nitrogens with one attached hydrogen (secondary N) is 2. The Morgan fingerprint density at radius 1 is 1.21 bits per heavy atom. The average molecular weight is 383 g/mol. The molecule has 0 bridgehead atoms. The predicted molar refractivity (Wildman–Crippen MR) is 121 cm³/mol. The van der Waals surface area contributed by atoms with Crippen molar-refractivity contribution < 1.29 is 0 Å². The van der Waals surface area contributed by atoms with Gasteiger partial charge in [-0.15, -0.1) is 12.3 Å². The highest BCUT2D eigenvalue weighted by atomic mass is 15.5. The fraction of sp³-hybridized carbons (Fsp3) is 0.318. The minimum absolute atomic E-state index is 0.364. The normalized spacial score (nSPS) is 12.4. The smallest absolute Gasteiger partial charge is 0.166 e. The number of aliphatic imine (C=N–C) groups is 1. The maximum Gasteiger partial charge on any atom is 0.166 e. The van der Waals surface area contributed by atoms with Crippen LogP contribution >= 0.6 is 0 Å². The fourth-order valence-electron chi connectivity index (χ4n) is 2.04. The third-order valence-corrected chi connectivity index (χ3v) is 3.87. The molecule has 0 aromatic carbocycles. The van der Waals surface area contributed by atoms with Gasteiger partial charge in [0.05, 0.1) is 17.1 Å². The van der Waals surface area contributed by atoms with Gasteiger partial charge in [0.25, 0.3) is 0 Å². The van der Waals surface area contributed by atoms with E-state index in [9.17, 15) is 0 Å². The molecular weight excluding hydrogens is 348 g/mol. The number of terminal acetylenes is 1. The van der Waals surface area contributed by atoms with Gasteiger partial charge in [-0.3, -0.25) is 5.01 Å². The molecule has 0 aliphatic carbocycles. The van der Waals surface area contributed by atoms with Gasteiger partial charge >= 0.3 is 0 Å². The van der Waals surface area contributed by atoms with E-state index in [1.807, 2.05) is 13.0 Å². The molecule has 6 heteroatoms. The second-order valence-corrected chi connectivity index (χ2v) is 6.13. The lowest BCUT2D eigenvalue weighted by Gasteiger charge is -2.25. The van der Waals surface area contributed by atoms with Crippen molar-refractivity contribution >= 4 is 5.71 Å². The van der Waals surface area contributed by atoms with E-state index in [0.29, 0.717) is 53.8 Å². The number of hydrogen-bond acceptors (Lipinski definition) is 6. The van der Waals surface area contributed by atoms with E-state index >= 15 is 0 Å². The van der Waals surface area contributed by atoms with Crippen LogP contribution in [-0.4, -0.2) is 23.8 Å². The molecule has 0 saturated heterocycles. The summed E-state index contributed by atoms with van der Waals surface area (Å²) >= 11 is 0. The fourth-order valence-corrected chi connectivity index (χ4v) is 2.04. The van der Waals surface area contributed by atoms with E-state index in [1.54, 1.807) is 13.0 Å². The third-order valence-electron chi connectivity index (χ3n) is 3.87. The molecule has 152 valence electrons. The molecule has 0 fully saturated rings. The molecule has 0 aromatic heterocycles. The van der Waals surface area contributed by atoms with Gasteiger partial charge in [-0.2, -0.15) is 0 Å². The van der Waals surface area contributed by atoms with Crippen LogP contribution in [0.4, 0.5) is 0 Å². The Morgan fingerprint density at radius 3 is 2.36 bits per heavy atom. The van der Waals surface area contributed by atoms with Gasteiger partial charge in [0.1, 0.15) is 0 Å². The van der Waals surface area contributed by atoms with E-state index in [-0.39, 0.29) is 0 Å². The molecule has 0 radical (unpaired) electrons. The molecule has 0 unspecified atom stereocenters. The maximum absolute atomic E-state index is 6.21. The first-order valence-electron chi connectivity index (χ1n) is 9.05. The number of allylic oxidation sites excluding steroid dienone is 4. The molecule has 0 spiro atoms. The van der Waals surface area contributed by atoms with Crippen molar-refractivity contribution in [3.8, 4) is 12.3 Å². The third kappa shape index (κ3) is 8.47. The monoisotopic (exact) mass is 382 g/mol. The van der Waals surface area contributed by atoms with Crippen molar-refractivity contribution in [2.75, 3.05) is 13.1 Å². The Morgan fingerprint density at radius 2 is 1.86 bits per heavy atom. The van der Waals surface area contributed by atoms with Crippen LogP contribution in [0.25, 0.3) is 0 Å². The molecule has 6 nitrogen and oxygen atoms in total. The quantitative estimate of drug-likeness (QED) is 0.0981. The second kappa shape index (κ2) is 13.1. The van der Waals surface area contributed by atoms with E-state index in [2.05, 4.69) is 54.8 Å². The topological polar surface area (TPSA) is 91.7 Å². The number of hydrogen-bond donors (Lipinski definition) is 4. The van der Waals surface area contributed by atoms with Gasteiger partial charge in [-0.05, 0) is 20.3 Å². The van der Waals surface area contributed by atoms with Crippen LogP contribution in [0.3, 0.4) is 0 Å². The Bertz CT molecular complexity index is 727. The van der Waals surface area contributed by atoms with Crippen molar-refractivity contribution in [3.05, 3.63) is 72.7 Å². The summed E-state index contributed by atoms with van der Waals surface area (Å²) in [4.78, 5) is 4.50. The molecule has 28 heavy (non-hydrogen) atoms. The zero-order chi connectivity index (χ0) is 21.7. The minimum atomic E-state index is 0.364. The van der Waals surface area contributed by atoms with E-state index in [1.165, 1.54) is 10.6 Å². The standard InChI is InChI=1S/C22H34N6/c1-9-12-14-25-17(5)18(6)27-22(16(4)23)28(24)20(8)19(7)26-15-21(11-3)13-10-2/h1,10,13,25-26H,2,5,7-8,11-12,14-15,23-24H2,3-4,6H3/b21-13+,22-16+,27-18+. The molecule has 0 atom stereocenters. The van der Waals surface area contributed by atoms with Crippen molar-refractivity contribution in [2.24, 2.45) is 16.6 Å². The van der Waals surface area contributed by atoms with Crippen molar-refractivity contribution in [1.29, 1.82) is 0 Å². The maximum atomic E-state index is 6.21. The van der Waals surface area contributed by atoms with Gasteiger partial charge in [-0.25, -0.2) is 10.8 Å². The van der Waals surface area contributed by atoms with Gasteiger partial charge in [-0.1, -0.05) is 51.0 Å². The molecule has 0 aliphatic heterocycles. The lowest BCUT2D eigenvalue weighted by molar-refractivity contribution is 0.442. The lowest BCUT2D eigenvalue weighted by atomic mass is 10.2. The van der Waals surface area contributed by atoms with Gasteiger partial charge in [0.15, 0.2) is 5.82 Å². The summed E-state index contributed by atoms with van der Waals surface area (Å²) < 4.78 is 0. The van der Waals surface area contributed by atoms with Gasteiger partial charge in [0, 0.05) is 30.9 Å². The van der Waals surface area contributed by atoms with E-state index in [0.717, 1.165) is 6.42 Å². The number of nitrogens with two attached hydrogens (primary N) is 2. The zero-order valence-corrected chi connectivity index (χ0v) is 17.4. The molecule has 6 N–H and O–H groups in total.